The number of benzene rings is 2. The maximum atomic E-state index is 6.12. The van der Waals surface area contributed by atoms with Crippen molar-refractivity contribution in [2.24, 2.45) is 0 Å². The fraction of sp³-hybridized carbons (Fsp3) is 0.111. The Morgan fingerprint density at radius 1 is 1.09 bits per heavy atom. The first-order chi connectivity index (χ1) is 11.1. The van der Waals surface area contributed by atoms with Crippen molar-refractivity contribution in [2.75, 3.05) is 16.8 Å². The van der Waals surface area contributed by atoms with Crippen LogP contribution in [0.15, 0.2) is 52.1 Å². The van der Waals surface area contributed by atoms with Gasteiger partial charge in [0.05, 0.1) is 0 Å². The number of aryl methyl sites for hydroxylation is 1. The van der Waals surface area contributed by atoms with Gasteiger partial charge in [0, 0.05) is 34.1 Å². The number of thiophene rings is 1. The Morgan fingerprint density at radius 3 is 2.74 bits per heavy atom. The van der Waals surface area contributed by atoms with E-state index < -0.39 is 0 Å². The second-order valence-corrected chi connectivity index (χ2v) is 6.67. The van der Waals surface area contributed by atoms with Gasteiger partial charge in [0.1, 0.15) is 0 Å². The van der Waals surface area contributed by atoms with E-state index in [4.69, 9.17) is 11.5 Å². The molecule has 0 aliphatic rings. The van der Waals surface area contributed by atoms with Crippen LogP contribution in [0.4, 0.5) is 17.1 Å². The summed E-state index contributed by atoms with van der Waals surface area (Å²) in [7, 11) is 0. The van der Waals surface area contributed by atoms with Gasteiger partial charge in [-0.3, -0.25) is 0 Å². The molecule has 0 saturated carbocycles. The topological polar surface area (TPSA) is 64.1 Å². The third kappa shape index (κ3) is 3.30. The van der Waals surface area contributed by atoms with Crippen molar-refractivity contribution in [1.29, 1.82) is 0 Å². The van der Waals surface area contributed by atoms with Gasteiger partial charge in [-0.25, -0.2) is 0 Å². The van der Waals surface area contributed by atoms with Gasteiger partial charge in [0.15, 0.2) is 0 Å². The van der Waals surface area contributed by atoms with Crippen molar-refractivity contribution < 1.29 is 0 Å². The summed E-state index contributed by atoms with van der Waals surface area (Å²) in [5.74, 6) is 0. The van der Waals surface area contributed by atoms with Crippen molar-refractivity contribution in [3.8, 4) is 11.1 Å². The van der Waals surface area contributed by atoms with Crippen LogP contribution in [0.2, 0.25) is 0 Å². The molecule has 5 heteroatoms. The third-order valence-electron chi connectivity index (χ3n) is 3.82. The summed E-state index contributed by atoms with van der Waals surface area (Å²) in [5, 5.41) is 7.71. The van der Waals surface area contributed by atoms with Gasteiger partial charge in [-0.1, -0.05) is 12.1 Å². The number of thiol groups is 1. The number of hydrogen-bond acceptors (Lipinski definition) is 5. The largest absolute Gasteiger partial charge is 0.399 e. The normalized spacial score (nSPS) is 10.7. The molecule has 3 nitrogen and oxygen atoms in total. The van der Waals surface area contributed by atoms with Crippen molar-refractivity contribution in [3.05, 3.63) is 58.3 Å². The van der Waals surface area contributed by atoms with Crippen LogP contribution in [-0.4, -0.2) is 0 Å². The maximum absolute atomic E-state index is 6.12. The molecule has 118 valence electrons. The fourth-order valence-corrected chi connectivity index (χ4v) is 3.58. The zero-order chi connectivity index (χ0) is 16.4. The van der Waals surface area contributed by atoms with E-state index >= 15 is 0 Å². The number of nitrogen functional groups attached to an aromatic ring is 2. The summed E-state index contributed by atoms with van der Waals surface area (Å²) < 4.78 is 0. The van der Waals surface area contributed by atoms with Crippen LogP contribution < -0.4 is 16.8 Å². The first-order valence-corrected chi connectivity index (χ1v) is 8.68. The highest BCUT2D eigenvalue weighted by Crippen LogP contribution is 2.34. The zero-order valence-electron chi connectivity index (χ0n) is 12.8. The van der Waals surface area contributed by atoms with Gasteiger partial charge >= 0.3 is 0 Å². The van der Waals surface area contributed by atoms with Gasteiger partial charge in [-0.2, -0.15) is 11.3 Å². The lowest BCUT2D eigenvalue weighted by molar-refractivity contribution is 1.13. The fourth-order valence-electron chi connectivity index (χ4n) is 2.50. The molecule has 2 aromatic carbocycles. The van der Waals surface area contributed by atoms with E-state index in [2.05, 4.69) is 41.7 Å². The smallest absolute Gasteiger partial charge is 0.0481 e. The molecular formula is C18H19N3S2. The van der Waals surface area contributed by atoms with E-state index in [0.717, 1.165) is 38.6 Å². The van der Waals surface area contributed by atoms with Crippen LogP contribution >= 0.6 is 24.0 Å². The Kier molecular flexibility index (Phi) is 4.50. The highest BCUT2D eigenvalue weighted by Gasteiger charge is 2.11. The van der Waals surface area contributed by atoms with Crippen LogP contribution in [0.1, 0.15) is 11.1 Å². The molecular weight excluding hydrogens is 322 g/mol. The summed E-state index contributed by atoms with van der Waals surface area (Å²) in [6, 6.07) is 11.7. The molecule has 0 bridgehead atoms. The molecule has 3 rings (SSSR count). The summed E-state index contributed by atoms with van der Waals surface area (Å²) in [6.45, 7) is 2.76. The summed E-state index contributed by atoms with van der Waals surface area (Å²) in [4.78, 5) is 0.979. The number of anilines is 3. The third-order valence-corrected chi connectivity index (χ3v) is 5.20. The molecule has 0 aliphatic heterocycles. The Bertz CT molecular complexity index is 840. The second-order valence-electron chi connectivity index (χ2n) is 5.48. The molecule has 1 heterocycles. The molecule has 0 unspecified atom stereocenters. The average Bonchev–Trinajstić information content (AvgIpc) is 2.99. The predicted octanol–water partition coefficient (Wildman–Crippen LogP) is 4.79. The van der Waals surface area contributed by atoms with Crippen molar-refractivity contribution in [3.63, 3.8) is 0 Å². The molecule has 1 aromatic heterocycles. The van der Waals surface area contributed by atoms with E-state index in [0.29, 0.717) is 6.54 Å². The van der Waals surface area contributed by atoms with Gasteiger partial charge < -0.3 is 16.8 Å². The van der Waals surface area contributed by atoms with E-state index in [-0.39, 0.29) is 0 Å². The summed E-state index contributed by atoms with van der Waals surface area (Å²) >= 11 is 6.23. The van der Waals surface area contributed by atoms with E-state index in [1.807, 2.05) is 30.3 Å². The van der Waals surface area contributed by atoms with Crippen LogP contribution in [0, 0.1) is 6.92 Å². The first kappa shape index (κ1) is 15.8. The molecule has 0 aliphatic carbocycles. The molecule has 0 fully saturated rings. The quantitative estimate of drug-likeness (QED) is 0.407. The Hall–Kier alpha value is -2.11. The zero-order valence-corrected chi connectivity index (χ0v) is 14.5. The molecule has 23 heavy (non-hydrogen) atoms. The van der Waals surface area contributed by atoms with E-state index in [1.54, 1.807) is 11.3 Å². The molecule has 0 saturated heterocycles. The summed E-state index contributed by atoms with van der Waals surface area (Å²) in [5.41, 5.74) is 19.0. The van der Waals surface area contributed by atoms with E-state index in [9.17, 15) is 0 Å². The molecule has 0 radical (unpaired) electrons. The second kappa shape index (κ2) is 6.56. The lowest BCUT2D eigenvalue weighted by Gasteiger charge is -2.12. The SMILES string of the molecule is Cc1cccc(NCc2cscc2-c2cc(N)ccc2N)c1S. The van der Waals surface area contributed by atoms with Crippen molar-refractivity contribution in [1.82, 2.24) is 0 Å². The molecule has 3 aromatic rings. The number of rotatable bonds is 4. The lowest BCUT2D eigenvalue weighted by Crippen LogP contribution is -2.02. The van der Waals surface area contributed by atoms with Gasteiger partial charge in [0.2, 0.25) is 0 Å². The number of hydrogen-bond donors (Lipinski definition) is 4. The van der Waals surface area contributed by atoms with Gasteiger partial charge in [-0.05, 0) is 58.6 Å². The minimum absolute atomic E-state index is 0.712. The minimum atomic E-state index is 0.712. The van der Waals surface area contributed by atoms with Crippen molar-refractivity contribution >= 4 is 41.0 Å². The first-order valence-electron chi connectivity index (χ1n) is 7.29. The van der Waals surface area contributed by atoms with Gasteiger partial charge in [0.25, 0.3) is 0 Å². The maximum Gasteiger partial charge on any atom is 0.0481 e. The highest BCUT2D eigenvalue weighted by atomic mass is 32.1. The molecule has 5 N–H and O–H groups in total. The van der Waals surface area contributed by atoms with Crippen molar-refractivity contribution in [2.45, 2.75) is 18.4 Å². The number of nitrogens with one attached hydrogen (secondary N) is 1. The van der Waals surface area contributed by atoms with Gasteiger partial charge in [-0.15, -0.1) is 12.6 Å². The minimum Gasteiger partial charge on any atom is -0.399 e. The van der Waals surface area contributed by atoms with Crippen LogP contribution in [0.3, 0.4) is 0 Å². The van der Waals surface area contributed by atoms with Crippen LogP contribution in [-0.2, 0) is 6.54 Å². The summed E-state index contributed by atoms with van der Waals surface area (Å²) in [6.07, 6.45) is 0. The Balaban J connectivity index is 1.87. The Labute approximate surface area is 145 Å². The van der Waals surface area contributed by atoms with Crippen LogP contribution in [0.5, 0.6) is 0 Å². The molecule has 0 atom stereocenters. The Morgan fingerprint density at radius 2 is 1.91 bits per heavy atom. The molecule has 0 spiro atoms. The number of nitrogens with two attached hydrogens (primary N) is 2. The molecule has 0 amide bonds. The average molecular weight is 342 g/mol. The standard InChI is InChI=1S/C18H19N3S2/c1-11-3-2-4-17(18(11)22)21-8-12-9-23-10-15(12)14-7-13(19)5-6-16(14)20/h2-7,9-10,21-22H,8,19-20H2,1H3. The highest BCUT2D eigenvalue weighted by molar-refractivity contribution is 7.80. The lowest BCUT2D eigenvalue weighted by atomic mass is 10.0. The predicted molar refractivity (Wildman–Crippen MR) is 104 cm³/mol. The van der Waals surface area contributed by atoms with Crippen LogP contribution in [0.25, 0.3) is 11.1 Å². The monoisotopic (exact) mass is 341 g/mol. The van der Waals surface area contributed by atoms with E-state index in [1.165, 1.54) is 5.56 Å².